The zero-order valence-corrected chi connectivity index (χ0v) is 17.2. The standard InChI is InChI=1S/C22H24N4O4/c1-5-12-26(22(27)23-17-9-6-15(2)7-10-17)14-20-24-21(25-30-20)16-8-11-18(28-3)19(13-16)29-4/h5-11,13H,1,12,14H2,2-4H3,(H,23,27). The third-order valence-electron chi connectivity index (χ3n) is 4.38. The highest BCUT2D eigenvalue weighted by atomic mass is 16.5. The van der Waals surface area contributed by atoms with Gasteiger partial charge in [-0.2, -0.15) is 4.98 Å². The minimum Gasteiger partial charge on any atom is -0.493 e. The molecule has 0 radical (unpaired) electrons. The summed E-state index contributed by atoms with van der Waals surface area (Å²) in [5.41, 5.74) is 2.53. The molecule has 0 aliphatic carbocycles. The molecular formula is C22H24N4O4. The quantitative estimate of drug-likeness (QED) is 0.560. The number of methoxy groups -OCH3 is 2. The predicted molar refractivity (Wildman–Crippen MR) is 114 cm³/mol. The van der Waals surface area contributed by atoms with Crippen molar-refractivity contribution >= 4 is 11.7 Å². The topological polar surface area (TPSA) is 89.7 Å². The van der Waals surface area contributed by atoms with Crippen LogP contribution in [0.4, 0.5) is 10.5 Å². The summed E-state index contributed by atoms with van der Waals surface area (Å²) in [4.78, 5) is 18.6. The van der Waals surface area contributed by atoms with Gasteiger partial charge in [-0.05, 0) is 37.3 Å². The number of rotatable bonds is 8. The van der Waals surface area contributed by atoms with Crippen LogP contribution in [-0.2, 0) is 6.54 Å². The highest BCUT2D eigenvalue weighted by molar-refractivity contribution is 5.89. The molecule has 2 aromatic carbocycles. The highest BCUT2D eigenvalue weighted by Crippen LogP contribution is 2.31. The number of anilines is 1. The molecule has 1 aromatic heterocycles. The summed E-state index contributed by atoms with van der Waals surface area (Å²) >= 11 is 0. The molecule has 1 heterocycles. The van der Waals surface area contributed by atoms with Gasteiger partial charge in [0.2, 0.25) is 11.7 Å². The van der Waals surface area contributed by atoms with Crippen LogP contribution in [0.5, 0.6) is 11.5 Å². The number of benzene rings is 2. The lowest BCUT2D eigenvalue weighted by Gasteiger charge is -2.19. The smallest absolute Gasteiger partial charge is 0.322 e. The van der Waals surface area contributed by atoms with Gasteiger partial charge >= 0.3 is 6.03 Å². The van der Waals surface area contributed by atoms with Gasteiger partial charge in [0, 0.05) is 17.8 Å². The third kappa shape index (κ3) is 4.96. The Morgan fingerprint density at radius 1 is 1.17 bits per heavy atom. The molecule has 2 amide bonds. The molecule has 8 heteroatoms. The van der Waals surface area contributed by atoms with Gasteiger partial charge in [-0.3, -0.25) is 0 Å². The van der Waals surface area contributed by atoms with Crippen LogP contribution in [0.15, 0.2) is 59.6 Å². The molecule has 0 spiro atoms. The van der Waals surface area contributed by atoms with Crippen LogP contribution < -0.4 is 14.8 Å². The molecule has 156 valence electrons. The first-order valence-corrected chi connectivity index (χ1v) is 9.32. The normalized spacial score (nSPS) is 10.4. The summed E-state index contributed by atoms with van der Waals surface area (Å²) in [5, 5.41) is 6.88. The lowest BCUT2D eigenvalue weighted by molar-refractivity contribution is 0.206. The largest absolute Gasteiger partial charge is 0.493 e. The number of hydrogen-bond donors (Lipinski definition) is 1. The average Bonchev–Trinajstić information content (AvgIpc) is 3.23. The van der Waals surface area contributed by atoms with E-state index in [2.05, 4.69) is 22.0 Å². The lowest BCUT2D eigenvalue weighted by atomic mass is 10.2. The van der Waals surface area contributed by atoms with E-state index in [4.69, 9.17) is 14.0 Å². The molecule has 0 unspecified atom stereocenters. The fraction of sp³-hybridized carbons (Fsp3) is 0.227. The Morgan fingerprint density at radius 2 is 1.90 bits per heavy atom. The maximum absolute atomic E-state index is 12.7. The molecule has 30 heavy (non-hydrogen) atoms. The Labute approximate surface area is 175 Å². The number of aromatic nitrogens is 2. The molecule has 0 aliphatic heterocycles. The van der Waals surface area contributed by atoms with E-state index in [1.165, 1.54) is 4.90 Å². The van der Waals surface area contributed by atoms with Gasteiger partial charge in [-0.1, -0.05) is 28.9 Å². The molecule has 0 atom stereocenters. The van der Waals surface area contributed by atoms with Crippen molar-refractivity contribution in [2.45, 2.75) is 13.5 Å². The monoisotopic (exact) mass is 408 g/mol. The summed E-state index contributed by atoms with van der Waals surface area (Å²) in [6.07, 6.45) is 1.64. The van der Waals surface area contributed by atoms with Crippen molar-refractivity contribution in [2.75, 3.05) is 26.1 Å². The maximum Gasteiger partial charge on any atom is 0.322 e. The molecule has 1 N–H and O–H groups in total. The minimum absolute atomic E-state index is 0.143. The third-order valence-corrected chi connectivity index (χ3v) is 4.38. The SMILES string of the molecule is C=CCN(Cc1nc(-c2ccc(OC)c(OC)c2)no1)C(=O)Nc1ccc(C)cc1. The average molecular weight is 408 g/mol. The van der Waals surface area contributed by atoms with Crippen LogP contribution in [0.3, 0.4) is 0 Å². The molecule has 0 saturated heterocycles. The van der Waals surface area contributed by atoms with Crippen molar-refractivity contribution in [3.63, 3.8) is 0 Å². The second kappa shape index (κ2) is 9.60. The van der Waals surface area contributed by atoms with Crippen LogP contribution in [0.25, 0.3) is 11.4 Å². The number of amides is 2. The van der Waals surface area contributed by atoms with Crippen LogP contribution in [-0.4, -0.2) is 41.8 Å². The Kier molecular flexibility index (Phi) is 6.69. The number of aryl methyl sites for hydroxylation is 1. The van der Waals surface area contributed by atoms with Crippen molar-refractivity contribution in [3.8, 4) is 22.9 Å². The summed E-state index contributed by atoms with van der Waals surface area (Å²) < 4.78 is 15.9. The minimum atomic E-state index is -0.287. The van der Waals surface area contributed by atoms with E-state index in [1.54, 1.807) is 32.4 Å². The number of nitrogens with zero attached hydrogens (tertiary/aromatic N) is 3. The fourth-order valence-electron chi connectivity index (χ4n) is 2.79. The van der Waals surface area contributed by atoms with Gasteiger partial charge in [0.15, 0.2) is 11.5 Å². The molecule has 0 fully saturated rings. The second-order valence-corrected chi connectivity index (χ2v) is 6.55. The van der Waals surface area contributed by atoms with Gasteiger partial charge in [0.1, 0.15) is 6.54 Å². The molecule has 8 nitrogen and oxygen atoms in total. The molecule has 0 saturated carbocycles. The summed E-state index contributed by atoms with van der Waals surface area (Å²) in [6, 6.07) is 12.6. The first-order valence-electron chi connectivity index (χ1n) is 9.32. The zero-order chi connectivity index (χ0) is 21.5. The predicted octanol–water partition coefficient (Wildman–Crippen LogP) is 4.28. The van der Waals surface area contributed by atoms with Gasteiger partial charge < -0.3 is 24.2 Å². The first-order chi connectivity index (χ1) is 14.5. The van der Waals surface area contributed by atoms with Gasteiger partial charge in [-0.25, -0.2) is 4.79 Å². The first kappa shape index (κ1) is 20.9. The van der Waals surface area contributed by atoms with E-state index >= 15 is 0 Å². The van der Waals surface area contributed by atoms with Gasteiger partial charge in [0.05, 0.1) is 14.2 Å². The van der Waals surface area contributed by atoms with E-state index < -0.39 is 0 Å². The number of hydrogen-bond acceptors (Lipinski definition) is 6. The van der Waals surface area contributed by atoms with Crippen LogP contribution >= 0.6 is 0 Å². The zero-order valence-electron chi connectivity index (χ0n) is 17.2. The van der Waals surface area contributed by atoms with Crippen molar-refractivity contribution in [2.24, 2.45) is 0 Å². The number of carbonyl (C=O) groups is 1. The van der Waals surface area contributed by atoms with Gasteiger partial charge in [-0.15, -0.1) is 6.58 Å². The van der Waals surface area contributed by atoms with Crippen molar-refractivity contribution in [1.29, 1.82) is 0 Å². The number of carbonyl (C=O) groups excluding carboxylic acids is 1. The number of urea groups is 1. The molecule has 0 bridgehead atoms. The van der Waals surface area contributed by atoms with Crippen molar-refractivity contribution in [1.82, 2.24) is 15.0 Å². The highest BCUT2D eigenvalue weighted by Gasteiger charge is 2.18. The van der Waals surface area contributed by atoms with Crippen LogP contribution in [0, 0.1) is 6.92 Å². The molecular weight excluding hydrogens is 384 g/mol. The Balaban J connectivity index is 1.73. The van der Waals surface area contributed by atoms with E-state index in [0.717, 1.165) is 5.56 Å². The number of ether oxygens (including phenoxy) is 2. The molecule has 0 aliphatic rings. The maximum atomic E-state index is 12.7. The molecule has 3 aromatic rings. The lowest BCUT2D eigenvalue weighted by Crippen LogP contribution is -2.34. The molecule has 3 rings (SSSR count). The fourth-order valence-corrected chi connectivity index (χ4v) is 2.79. The van der Waals surface area contributed by atoms with E-state index in [0.29, 0.717) is 41.0 Å². The van der Waals surface area contributed by atoms with Crippen molar-refractivity contribution < 1.29 is 18.8 Å². The Bertz CT molecular complexity index is 1010. The van der Waals surface area contributed by atoms with Crippen LogP contribution in [0.2, 0.25) is 0 Å². The van der Waals surface area contributed by atoms with Crippen molar-refractivity contribution in [3.05, 3.63) is 66.6 Å². The Morgan fingerprint density at radius 3 is 2.57 bits per heavy atom. The summed E-state index contributed by atoms with van der Waals surface area (Å²) in [6.45, 7) is 6.17. The van der Waals surface area contributed by atoms with E-state index in [9.17, 15) is 4.79 Å². The van der Waals surface area contributed by atoms with Gasteiger partial charge in [0.25, 0.3) is 0 Å². The van der Waals surface area contributed by atoms with E-state index in [-0.39, 0.29) is 12.6 Å². The Hall–Kier alpha value is -3.81. The summed E-state index contributed by atoms with van der Waals surface area (Å²) in [5.74, 6) is 1.87. The number of nitrogens with one attached hydrogen (secondary N) is 1. The summed E-state index contributed by atoms with van der Waals surface area (Å²) in [7, 11) is 3.13. The van der Waals surface area contributed by atoms with Crippen LogP contribution in [0.1, 0.15) is 11.5 Å². The van der Waals surface area contributed by atoms with E-state index in [1.807, 2.05) is 37.3 Å². The second-order valence-electron chi connectivity index (χ2n) is 6.55.